The van der Waals surface area contributed by atoms with Gasteiger partial charge in [0, 0.05) is 11.3 Å². The van der Waals surface area contributed by atoms with E-state index < -0.39 is 0 Å². The van der Waals surface area contributed by atoms with Gasteiger partial charge in [0.05, 0.1) is 17.6 Å². The number of nitrogens with zero attached hydrogens (tertiary/aromatic N) is 2. The highest BCUT2D eigenvalue weighted by atomic mass is 35.5. The molecule has 0 radical (unpaired) electrons. The third-order valence-corrected chi connectivity index (χ3v) is 4.38. The van der Waals surface area contributed by atoms with Gasteiger partial charge in [-0.05, 0) is 44.9 Å². The van der Waals surface area contributed by atoms with Crippen LogP contribution in [0, 0.1) is 25.7 Å². The number of aromatic nitrogens is 2. The van der Waals surface area contributed by atoms with Crippen LogP contribution in [0.5, 0.6) is 0 Å². The number of hydrogen-bond donors (Lipinski definition) is 0. The Kier molecular flexibility index (Phi) is 3.82. The van der Waals surface area contributed by atoms with Crippen LogP contribution in [0.1, 0.15) is 56.1 Å². The summed E-state index contributed by atoms with van der Waals surface area (Å²) >= 11 is 5.99. The molecule has 0 aliphatic heterocycles. The van der Waals surface area contributed by atoms with Crippen molar-refractivity contribution < 1.29 is 0 Å². The fraction of sp³-hybridized carbons (Fsp3) is 0.786. The lowest BCUT2D eigenvalue weighted by Gasteiger charge is -2.32. The van der Waals surface area contributed by atoms with Gasteiger partial charge in [0.2, 0.25) is 0 Å². The van der Waals surface area contributed by atoms with E-state index in [2.05, 4.69) is 32.4 Å². The Morgan fingerprint density at radius 2 is 1.76 bits per heavy atom. The first-order valence-electron chi connectivity index (χ1n) is 6.63. The number of halogens is 1. The first-order valence-corrected chi connectivity index (χ1v) is 7.16. The fourth-order valence-corrected chi connectivity index (χ4v) is 3.74. The van der Waals surface area contributed by atoms with E-state index in [0.717, 1.165) is 17.5 Å². The Bertz CT molecular complexity index is 387. The monoisotopic (exact) mass is 254 g/mol. The van der Waals surface area contributed by atoms with Crippen LogP contribution >= 0.6 is 11.6 Å². The summed E-state index contributed by atoms with van der Waals surface area (Å²) in [4.78, 5) is 0. The number of hydrogen-bond acceptors (Lipinski definition) is 1. The Hall–Kier alpha value is -0.500. The highest BCUT2D eigenvalue weighted by molar-refractivity contribution is 6.17. The van der Waals surface area contributed by atoms with E-state index in [0.29, 0.717) is 11.9 Å². The normalized spacial score (nSPS) is 29.6. The molecule has 0 spiro atoms. The van der Waals surface area contributed by atoms with Crippen molar-refractivity contribution >= 4 is 11.6 Å². The van der Waals surface area contributed by atoms with Crippen LogP contribution in [0.15, 0.2) is 0 Å². The van der Waals surface area contributed by atoms with Crippen LogP contribution in [0.4, 0.5) is 0 Å². The number of rotatable bonds is 2. The number of aryl methyl sites for hydroxylation is 1. The number of alkyl halides is 1. The van der Waals surface area contributed by atoms with E-state index >= 15 is 0 Å². The molecule has 1 fully saturated rings. The van der Waals surface area contributed by atoms with Crippen LogP contribution in [0.25, 0.3) is 0 Å². The lowest BCUT2D eigenvalue weighted by Crippen LogP contribution is -2.24. The molecule has 0 amide bonds. The van der Waals surface area contributed by atoms with E-state index in [1.54, 1.807) is 0 Å². The standard InChI is InChI=1S/C14H23ClN2/c1-9-5-10(2)7-13(6-9)17-12(4)14(8-15)11(3)16-17/h9-10,13H,5-8H2,1-4H3. The van der Waals surface area contributed by atoms with Gasteiger partial charge in [-0.1, -0.05) is 13.8 Å². The van der Waals surface area contributed by atoms with Crippen LogP contribution in [0.2, 0.25) is 0 Å². The molecule has 1 aliphatic rings. The average Bonchev–Trinajstić information content (AvgIpc) is 2.52. The summed E-state index contributed by atoms with van der Waals surface area (Å²) in [6.45, 7) is 8.94. The molecular weight excluding hydrogens is 232 g/mol. The highest BCUT2D eigenvalue weighted by Crippen LogP contribution is 2.36. The molecule has 0 bridgehead atoms. The Morgan fingerprint density at radius 1 is 1.18 bits per heavy atom. The SMILES string of the molecule is Cc1nn(C2CC(C)CC(C)C2)c(C)c1CCl. The molecule has 1 aromatic rings. The summed E-state index contributed by atoms with van der Waals surface area (Å²) < 4.78 is 2.24. The molecule has 1 aromatic heterocycles. The lowest BCUT2D eigenvalue weighted by molar-refractivity contribution is 0.207. The highest BCUT2D eigenvalue weighted by Gasteiger charge is 2.27. The molecule has 1 heterocycles. The summed E-state index contributed by atoms with van der Waals surface area (Å²) in [6, 6.07) is 0.574. The van der Waals surface area contributed by atoms with Gasteiger partial charge in [0.15, 0.2) is 0 Å². The Labute approximate surface area is 109 Å². The van der Waals surface area contributed by atoms with E-state index in [9.17, 15) is 0 Å². The molecule has 17 heavy (non-hydrogen) atoms. The minimum Gasteiger partial charge on any atom is -0.266 e. The maximum atomic E-state index is 5.99. The van der Waals surface area contributed by atoms with Crippen molar-refractivity contribution in [2.75, 3.05) is 0 Å². The molecule has 2 rings (SSSR count). The van der Waals surface area contributed by atoms with E-state index in [1.165, 1.54) is 30.5 Å². The Balaban J connectivity index is 2.27. The van der Waals surface area contributed by atoms with E-state index in [-0.39, 0.29) is 0 Å². The van der Waals surface area contributed by atoms with Crippen molar-refractivity contribution in [3.63, 3.8) is 0 Å². The first kappa shape index (κ1) is 12.9. The van der Waals surface area contributed by atoms with Gasteiger partial charge < -0.3 is 0 Å². The molecule has 2 atom stereocenters. The predicted octanol–water partition coefficient (Wildman–Crippen LogP) is 4.24. The smallest absolute Gasteiger partial charge is 0.0640 e. The van der Waals surface area contributed by atoms with E-state index in [4.69, 9.17) is 16.7 Å². The zero-order valence-electron chi connectivity index (χ0n) is 11.3. The molecule has 96 valence electrons. The molecule has 1 saturated carbocycles. The van der Waals surface area contributed by atoms with Crippen LogP contribution in [-0.4, -0.2) is 9.78 Å². The summed E-state index contributed by atoms with van der Waals surface area (Å²) in [5.41, 5.74) is 3.59. The first-order chi connectivity index (χ1) is 8.02. The van der Waals surface area contributed by atoms with Crippen molar-refractivity contribution in [2.24, 2.45) is 11.8 Å². The largest absolute Gasteiger partial charge is 0.266 e. The summed E-state index contributed by atoms with van der Waals surface area (Å²) in [5, 5.41) is 4.71. The molecule has 3 heteroatoms. The second-order valence-electron chi connectivity index (χ2n) is 5.80. The maximum Gasteiger partial charge on any atom is 0.0640 e. The molecular formula is C14H23ClN2. The van der Waals surface area contributed by atoms with Gasteiger partial charge in [-0.3, -0.25) is 4.68 Å². The van der Waals surface area contributed by atoms with Crippen LogP contribution in [0.3, 0.4) is 0 Å². The molecule has 2 unspecified atom stereocenters. The van der Waals surface area contributed by atoms with Crippen molar-refractivity contribution in [2.45, 2.75) is 58.9 Å². The zero-order chi connectivity index (χ0) is 12.6. The van der Waals surface area contributed by atoms with Crippen LogP contribution < -0.4 is 0 Å². The minimum atomic E-state index is 0.574. The van der Waals surface area contributed by atoms with Crippen molar-refractivity contribution in [3.8, 4) is 0 Å². The predicted molar refractivity (Wildman–Crippen MR) is 72.5 cm³/mol. The second kappa shape index (κ2) is 5.01. The van der Waals surface area contributed by atoms with Gasteiger partial charge in [0.25, 0.3) is 0 Å². The fourth-order valence-electron chi connectivity index (χ4n) is 3.35. The van der Waals surface area contributed by atoms with Crippen molar-refractivity contribution in [1.29, 1.82) is 0 Å². The topological polar surface area (TPSA) is 17.8 Å². The van der Waals surface area contributed by atoms with Gasteiger partial charge in [-0.25, -0.2) is 0 Å². The second-order valence-corrected chi connectivity index (χ2v) is 6.07. The summed E-state index contributed by atoms with van der Waals surface area (Å²) in [6.07, 6.45) is 3.88. The van der Waals surface area contributed by atoms with Gasteiger partial charge in [0.1, 0.15) is 0 Å². The zero-order valence-corrected chi connectivity index (χ0v) is 12.1. The minimum absolute atomic E-state index is 0.574. The third-order valence-electron chi connectivity index (χ3n) is 4.11. The molecule has 0 N–H and O–H groups in total. The van der Waals surface area contributed by atoms with E-state index in [1.807, 2.05) is 0 Å². The molecule has 0 saturated heterocycles. The molecule has 2 nitrogen and oxygen atoms in total. The van der Waals surface area contributed by atoms with Gasteiger partial charge in [-0.15, -0.1) is 11.6 Å². The quantitative estimate of drug-likeness (QED) is 0.722. The lowest BCUT2D eigenvalue weighted by atomic mass is 9.80. The van der Waals surface area contributed by atoms with Crippen molar-refractivity contribution in [1.82, 2.24) is 9.78 Å². The van der Waals surface area contributed by atoms with Gasteiger partial charge >= 0.3 is 0 Å². The molecule has 1 aliphatic carbocycles. The average molecular weight is 255 g/mol. The Morgan fingerprint density at radius 3 is 2.24 bits per heavy atom. The van der Waals surface area contributed by atoms with Crippen molar-refractivity contribution in [3.05, 3.63) is 17.0 Å². The van der Waals surface area contributed by atoms with Crippen LogP contribution in [-0.2, 0) is 5.88 Å². The third kappa shape index (κ3) is 2.52. The molecule has 0 aromatic carbocycles. The summed E-state index contributed by atoms with van der Waals surface area (Å²) in [5.74, 6) is 2.20. The summed E-state index contributed by atoms with van der Waals surface area (Å²) in [7, 11) is 0. The maximum absolute atomic E-state index is 5.99. The van der Waals surface area contributed by atoms with Gasteiger partial charge in [-0.2, -0.15) is 5.10 Å².